The zero-order chi connectivity index (χ0) is 19.5. The normalized spacial score (nSPS) is 28.9. The number of carbonyl (C=O) groups is 2. The number of carbonyl (C=O) groups excluding carboxylic acids is 1. The van der Waals surface area contributed by atoms with Crippen LogP contribution in [0.3, 0.4) is 0 Å². The fourth-order valence-corrected chi connectivity index (χ4v) is 6.40. The molecule has 3 N–H and O–H groups in total. The number of thiazole rings is 1. The molecule has 27 heavy (non-hydrogen) atoms. The SMILES string of the molecule is C[C@@H](O)C1C(=O)N2C(C(=O)O)=C(SC3CN(c4nc(CO)cs4)C3)[C@H](C)C12. The highest BCUT2D eigenvalue weighted by atomic mass is 32.2. The van der Waals surface area contributed by atoms with Crippen molar-refractivity contribution in [2.75, 3.05) is 18.0 Å². The average molecular weight is 412 g/mol. The lowest BCUT2D eigenvalue weighted by atomic mass is 9.79. The number of fused-ring (bicyclic) bond motifs is 1. The number of amides is 1. The molecule has 4 atom stereocenters. The van der Waals surface area contributed by atoms with Crippen LogP contribution < -0.4 is 4.90 Å². The Labute approximate surface area is 164 Å². The van der Waals surface area contributed by atoms with Gasteiger partial charge in [0.25, 0.3) is 0 Å². The lowest BCUT2D eigenvalue weighted by Crippen LogP contribution is -2.63. The van der Waals surface area contributed by atoms with E-state index in [1.165, 1.54) is 28.0 Å². The van der Waals surface area contributed by atoms with Crippen molar-refractivity contribution in [3.05, 3.63) is 21.7 Å². The van der Waals surface area contributed by atoms with E-state index in [0.29, 0.717) is 5.69 Å². The molecule has 0 aromatic carbocycles. The van der Waals surface area contributed by atoms with Gasteiger partial charge in [-0.05, 0) is 6.92 Å². The van der Waals surface area contributed by atoms with Crippen molar-refractivity contribution in [3.8, 4) is 0 Å². The van der Waals surface area contributed by atoms with E-state index in [4.69, 9.17) is 5.11 Å². The Morgan fingerprint density at radius 1 is 1.48 bits per heavy atom. The summed E-state index contributed by atoms with van der Waals surface area (Å²) in [5.41, 5.74) is 0.730. The van der Waals surface area contributed by atoms with Gasteiger partial charge >= 0.3 is 5.97 Å². The first-order valence-corrected chi connectivity index (χ1v) is 10.5. The summed E-state index contributed by atoms with van der Waals surface area (Å²) in [5.74, 6) is -2.02. The zero-order valence-corrected chi connectivity index (χ0v) is 16.5. The zero-order valence-electron chi connectivity index (χ0n) is 14.9. The number of β-lactam (4-membered cyclic amide) rings is 1. The smallest absolute Gasteiger partial charge is 0.353 e. The molecule has 2 unspecified atom stereocenters. The van der Waals surface area contributed by atoms with Crippen molar-refractivity contribution in [2.24, 2.45) is 11.8 Å². The van der Waals surface area contributed by atoms with Crippen LogP contribution in [0.25, 0.3) is 0 Å². The molecule has 0 aliphatic carbocycles. The predicted octanol–water partition coefficient (Wildman–Crippen LogP) is 0.711. The maximum atomic E-state index is 12.4. The summed E-state index contributed by atoms with van der Waals surface area (Å²) in [4.78, 5) is 32.7. The molecule has 3 aliphatic rings. The van der Waals surface area contributed by atoms with E-state index < -0.39 is 18.0 Å². The van der Waals surface area contributed by atoms with Crippen LogP contribution in [0, 0.1) is 11.8 Å². The van der Waals surface area contributed by atoms with Gasteiger partial charge in [0.05, 0.1) is 30.4 Å². The second-order valence-electron chi connectivity index (χ2n) is 7.20. The molecule has 2 saturated heterocycles. The monoisotopic (exact) mass is 411 g/mol. The van der Waals surface area contributed by atoms with Crippen LogP contribution in [-0.2, 0) is 16.2 Å². The van der Waals surface area contributed by atoms with Crippen molar-refractivity contribution in [3.63, 3.8) is 0 Å². The molecule has 0 radical (unpaired) electrons. The summed E-state index contributed by atoms with van der Waals surface area (Å²) in [6, 6.07) is -0.270. The van der Waals surface area contributed by atoms with Gasteiger partial charge in [-0.25, -0.2) is 9.78 Å². The van der Waals surface area contributed by atoms with E-state index in [1.54, 1.807) is 6.92 Å². The number of hydrogen-bond donors (Lipinski definition) is 3. The van der Waals surface area contributed by atoms with Crippen LogP contribution in [0.15, 0.2) is 16.0 Å². The maximum Gasteiger partial charge on any atom is 0.353 e. The molecule has 4 rings (SSSR count). The number of aromatic nitrogens is 1. The topological polar surface area (TPSA) is 114 Å². The van der Waals surface area contributed by atoms with Crippen molar-refractivity contribution in [1.82, 2.24) is 9.88 Å². The number of aliphatic hydroxyl groups excluding tert-OH is 2. The fourth-order valence-electron chi connectivity index (χ4n) is 4.04. The summed E-state index contributed by atoms with van der Waals surface area (Å²) in [5, 5.41) is 31.6. The highest BCUT2D eigenvalue weighted by Gasteiger charge is 2.60. The first-order chi connectivity index (χ1) is 12.8. The molecule has 0 saturated carbocycles. The van der Waals surface area contributed by atoms with Gasteiger partial charge in [-0.15, -0.1) is 23.1 Å². The molecule has 1 amide bonds. The molecule has 8 nitrogen and oxygen atoms in total. The highest BCUT2D eigenvalue weighted by molar-refractivity contribution is 8.03. The van der Waals surface area contributed by atoms with Crippen LogP contribution in [0.4, 0.5) is 5.13 Å². The lowest BCUT2D eigenvalue weighted by Gasteiger charge is -2.46. The van der Waals surface area contributed by atoms with E-state index in [1.807, 2.05) is 12.3 Å². The summed E-state index contributed by atoms with van der Waals surface area (Å²) in [7, 11) is 0. The molecule has 2 fully saturated rings. The fraction of sp³-hybridized carbons (Fsp3) is 0.588. The number of nitrogens with zero attached hydrogens (tertiary/aromatic N) is 3. The third kappa shape index (κ3) is 2.86. The molecule has 0 spiro atoms. The average Bonchev–Trinajstić information content (AvgIpc) is 3.12. The van der Waals surface area contributed by atoms with Gasteiger partial charge in [0.2, 0.25) is 5.91 Å². The van der Waals surface area contributed by atoms with E-state index in [0.717, 1.165) is 23.1 Å². The number of hydrogen-bond acceptors (Lipinski definition) is 8. The quantitative estimate of drug-likeness (QED) is 0.587. The van der Waals surface area contributed by atoms with Gasteiger partial charge in [-0.1, -0.05) is 6.92 Å². The number of aliphatic hydroxyl groups is 2. The molecular weight excluding hydrogens is 390 g/mol. The summed E-state index contributed by atoms with van der Waals surface area (Å²) >= 11 is 3.00. The van der Waals surface area contributed by atoms with E-state index in [-0.39, 0.29) is 35.4 Å². The van der Waals surface area contributed by atoms with E-state index in [2.05, 4.69) is 9.88 Å². The largest absolute Gasteiger partial charge is 0.477 e. The van der Waals surface area contributed by atoms with Gasteiger partial charge in [-0.2, -0.15) is 0 Å². The Morgan fingerprint density at radius 2 is 2.19 bits per heavy atom. The van der Waals surface area contributed by atoms with E-state index in [9.17, 15) is 19.8 Å². The maximum absolute atomic E-state index is 12.4. The van der Waals surface area contributed by atoms with Gasteiger partial charge in [-0.3, -0.25) is 4.79 Å². The molecule has 10 heteroatoms. The Hall–Kier alpha value is -1.62. The molecule has 1 aromatic rings. The number of aliphatic carboxylic acids is 1. The Morgan fingerprint density at radius 3 is 2.74 bits per heavy atom. The third-order valence-corrected chi connectivity index (χ3v) is 7.83. The van der Waals surface area contributed by atoms with Gasteiger partial charge in [0, 0.05) is 34.5 Å². The number of carboxylic acids is 1. The highest BCUT2D eigenvalue weighted by Crippen LogP contribution is 2.52. The summed E-state index contributed by atoms with van der Waals surface area (Å²) in [6.45, 7) is 4.92. The van der Waals surface area contributed by atoms with Crippen molar-refractivity contribution in [2.45, 2.75) is 37.9 Å². The van der Waals surface area contributed by atoms with Gasteiger partial charge < -0.3 is 25.1 Å². The van der Waals surface area contributed by atoms with Gasteiger partial charge in [0.1, 0.15) is 5.70 Å². The first kappa shape index (κ1) is 18.7. The summed E-state index contributed by atoms with van der Waals surface area (Å²) < 4.78 is 0. The lowest BCUT2D eigenvalue weighted by molar-refractivity contribution is -0.163. The first-order valence-electron chi connectivity index (χ1n) is 8.79. The van der Waals surface area contributed by atoms with Crippen molar-refractivity contribution < 1.29 is 24.9 Å². The minimum absolute atomic E-state index is 0.0784. The molecule has 0 bridgehead atoms. The Balaban J connectivity index is 1.47. The van der Waals surface area contributed by atoms with Crippen LogP contribution >= 0.6 is 23.1 Å². The Kier molecular flexibility index (Phi) is 4.69. The minimum Gasteiger partial charge on any atom is -0.477 e. The molecule has 146 valence electrons. The molecule has 1 aromatic heterocycles. The standard InChI is InChI=1S/C17H21N3O5S2/c1-7-12-11(8(2)22)15(23)20(12)13(16(24)25)14(7)27-10-3-19(4-10)17-18-9(5-21)6-26-17/h6-8,10-12,21-22H,3-5H2,1-2H3,(H,24,25)/t7-,8-,11?,12?/m1/s1. The van der Waals surface area contributed by atoms with E-state index >= 15 is 0 Å². The van der Waals surface area contributed by atoms with Crippen molar-refractivity contribution >= 4 is 40.1 Å². The van der Waals surface area contributed by atoms with Crippen LogP contribution in [0.5, 0.6) is 0 Å². The van der Waals surface area contributed by atoms with Gasteiger partial charge in [0.15, 0.2) is 5.13 Å². The number of rotatable bonds is 6. The second kappa shape index (κ2) is 6.77. The predicted molar refractivity (Wildman–Crippen MR) is 101 cm³/mol. The Bertz CT molecular complexity index is 817. The number of anilines is 1. The molecular formula is C17H21N3O5S2. The number of carboxylic acid groups (broad SMARTS) is 1. The second-order valence-corrected chi connectivity index (χ2v) is 9.38. The van der Waals surface area contributed by atoms with Crippen molar-refractivity contribution in [1.29, 1.82) is 0 Å². The minimum atomic E-state index is -1.09. The van der Waals surface area contributed by atoms with Crippen LogP contribution in [0.1, 0.15) is 19.5 Å². The summed E-state index contributed by atoms with van der Waals surface area (Å²) in [6.07, 6.45) is -0.787. The third-order valence-electron chi connectivity index (χ3n) is 5.42. The van der Waals surface area contributed by atoms with Crippen LogP contribution in [0.2, 0.25) is 0 Å². The van der Waals surface area contributed by atoms with Crippen LogP contribution in [-0.4, -0.2) is 67.6 Å². The number of thioether (sulfide) groups is 1. The molecule has 4 heterocycles. The molecule has 3 aliphatic heterocycles.